The van der Waals surface area contributed by atoms with E-state index in [4.69, 9.17) is 16.3 Å². The molecule has 0 spiro atoms. The van der Waals surface area contributed by atoms with Crippen molar-refractivity contribution >= 4 is 23.2 Å². The number of carbonyl (C=O) groups excluding carboxylic acids is 1. The molecule has 0 radical (unpaired) electrons. The number of fused-ring (bicyclic) bond motifs is 2. The molecule has 2 aromatic rings. The van der Waals surface area contributed by atoms with Gasteiger partial charge in [0.05, 0.1) is 40.5 Å². The molecule has 2 aliphatic rings. The quantitative estimate of drug-likeness (QED) is 0.785. The Morgan fingerprint density at radius 1 is 1.41 bits per heavy atom. The second-order valence-corrected chi connectivity index (χ2v) is 7.93. The van der Waals surface area contributed by atoms with E-state index in [2.05, 4.69) is 10.4 Å². The molecule has 10 heteroatoms. The lowest BCUT2D eigenvalue weighted by atomic mass is 9.74. The summed E-state index contributed by atoms with van der Waals surface area (Å²) in [4.78, 5) is 13.0. The van der Waals surface area contributed by atoms with E-state index in [0.717, 1.165) is 23.4 Å². The van der Waals surface area contributed by atoms with Gasteiger partial charge in [0.25, 0.3) is 0 Å². The summed E-state index contributed by atoms with van der Waals surface area (Å²) in [5, 5.41) is 16.7. The average molecular weight is 430 g/mol. The van der Waals surface area contributed by atoms with E-state index < -0.39 is 52.8 Å². The Balaban J connectivity index is 1.60. The number of aliphatic hydroxyl groups is 1. The van der Waals surface area contributed by atoms with E-state index in [0.29, 0.717) is 6.42 Å². The highest BCUT2D eigenvalue weighted by atomic mass is 35.5. The molecule has 29 heavy (non-hydrogen) atoms. The van der Waals surface area contributed by atoms with Crippen LogP contribution in [0.3, 0.4) is 0 Å². The molecule has 2 fully saturated rings. The van der Waals surface area contributed by atoms with Crippen LogP contribution in [0.5, 0.6) is 0 Å². The number of aliphatic hydroxyl groups excluding tert-OH is 1. The third-order valence-electron chi connectivity index (χ3n) is 5.58. The number of hydrogen-bond acceptors (Lipinski definition) is 4. The van der Waals surface area contributed by atoms with Crippen molar-refractivity contribution < 1.29 is 27.8 Å². The Kier molecular flexibility index (Phi) is 4.87. The van der Waals surface area contributed by atoms with Crippen LogP contribution in [0, 0.1) is 12.8 Å². The third-order valence-corrected chi connectivity index (χ3v) is 5.89. The highest BCUT2D eigenvalue weighted by Gasteiger charge is 2.57. The van der Waals surface area contributed by atoms with Crippen LogP contribution in [0.15, 0.2) is 24.4 Å². The number of benzene rings is 1. The number of carbonyl (C=O) groups is 1. The van der Waals surface area contributed by atoms with E-state index >= 15 is 0 Å². The topological polar surface area (TPSA) is 76.4 Å². The first-order chi connectivity index (χ1) is 13.6. The van der Waals surface area contributed by atoms with Gasteiger partial charge in [0, 0.05) is 31.3 Å². The number of ether oxygens (including phenoxy) is 1. The summed E-state index contributed by atoms with van der Waals surface area (Å²) >= 11 is 5.75. The first-order valence-electron chi connectivity index (χ1n) is 9.07. The van der Waals surface area contributed by atoms with Crippen molar-refractivity contribution in [1.82, 2.24) is 9.78 Å². The van der Waals surface area contributed by atoms with Crippen LogP contribution in [0.4, 0.5) is 18.9 Å². The molecule has 5 atom stereocenters. The Morgan fingerprint density at radius 2 is 2.14 bits per heavy atom. The maximum Gasteiger partial charge on any atom is 0.417 e. The molecule has 2 N–H and O–H groups in total. The molecule has 6 nitrogen and oxygen atoms in total. The predicted molar refractivity (Wildman–Crippen MR) is 98.5 cm³/mol. The number of rotatable bonds is 3. The molecule has 156 valence electrons. The monoisotopic (exact) mass is 429 g/mol. The minimum atomic E-state index is -4.57. The van der Waals surface area contributed by atoms with Crippen LogP contribution in [-0.4, -0.2) is 39.1 Å². The van der Waals surface area contributed by atoms with Crippen molar-refractivity contribution in [2.45, 2.75) is 43.8 Å². The smallest absolute Gasteiger partial charge is 0.390 e. The maximum absolute atomic E-state index is 13.0. The summed E-state index contributed by atoms with van der Waals surface area (Å²) in [5.41, 5.74) is 0.742. The van der Waals surface area contributed by atoms with Crippen LogP contribution in [-0.2, 0) is 22.8 Å². The van der Waals surface area contributed by atoms with E-state index in [1.54, 1.807) is 17.9 Å². The minimum absolute atomic E-state index is 0.165. The summed E-state index contributed by atoms with van der Waals surface area (Å²) in [6.45, 7) is 1.82. The Labute approximate surface area is 169 Å². The van der Waals surface area contributed by atoms with Gasteiger partial charge in [-0.3, -0.25) is 9.48 Å². The summed E-state index contributed by atoms with van der Waals surface area (Å²) in [7, 11) is 1.76. The predicted octanol–water partition coefficient (Wildman–Crippen LogP) is 3.27. The van der Waals surface area contributed by atoms with Gasteiger partial charge in [0.2, 0.25) is 5.91 Å². The van der Waals surface area contributed by atoms with Gasteiger partial charge in [0.15, 0.2) is 0 Å². The van der Waals surface area contributed by atoms with Crippen LogP contribution in [0.1, 0.15) is 29.2 Å². The summed E-state index contributed by atoms with van der Waals surface area (Å²) in [6.07, 6.45) is -4.15. The van der Waals surface area contributed by atoms with E-state index in [1.807, 2.05) is 6.92 Å². The second-order valence-electron chi connectivity index (χ2n) is 7.52. The molecule has 1 aromatic carbocycles. The average Bonchev–Trinajstić information content (AvgIpc) is 3.24. The first-order valence-corrected chi connectivity index (χ1v) is 9.45. The number of nitrogens with zero attached hydrogens (tertiary/aromatic N) is 2. The number of amides is 1. The van der Waals surface area contributed by atoms with Crippen LogP contribution >= 0.6 is 11.6 Å². The molecule has 1 aromatic heterocycles. The van der Waals surface area contributed by atoms with Crippen molar-refractivity contribution in [3.05, 3.63) is 46.2 Å². The van der Waals surface area contributed by atoms with Crippen molar-refractivity contribution in [3.8, 4) is 0 Å². The maximum atomic E-state index is 13.0. The number of anilines is 1. The first kappa shape index (κ1) is 20.2. The number of aromatic nitrogens is 2. The third kappa shape index (κ3) is 3.51. The second kappa shape index (κ2) is 7.00. The fourth-order valence-electron chi connectivity index (χ4n) is 4.41. The van der Waals surface area contributed by atoms with Gasteiger partial charge in [-0.2, -0.15) is 18.3 Å². The van der Waals surface area contributed by atoms with Crippen molar-refractivity contribution in [3.63, 3.8) is 0 Å². The highest BCUT2D eigenvalue weighted by Crippen LogP contribution is 2.50. The van der Waals surface area contributed by atoms with E-state index in [-0.39, 0.29) is 5.69 Å². The fourth-order valence-corrected chi connectivity index (χ4v) is 4.69. The molecule has 4 rings (SSSR count). The molecule has 2 saturated heterocycles. The van der Waals surface area contributed by atoms with Gasteiger partial charge in [0.1, 0.15) is 0 Å². The molecule has 1 amide bonds. The minimum Gasteiger partial charge on any atom is -0.390 e. The summed E-state index contributed by atoms with van der Waals surface area (Å²) in [5.74, 6) is -1.40. The van der Waals surface area contributed by atoms with Gasteiger partial charge in [-0.05, 0) is 30.7 Å². The SMILES string of the molecule is Cc1nn(C)cc1[C@H]1[C@H]2O[C@H](C[C@@H]2O)[C@@H]1C(=O)Nc1ccc(C(F)(F)F)c(Cl)c1. The van der Waals surface area contributed by atoms with Crippen LogP contribution in [0.25, 0.3) is 0 Å². The lowest BCUT2D eigenvalue weighted by Crippen LogP contribution is -2.41. The van der Waals surface area contributed by atoms with E-state index in [1.165, 1.54) is 6.07 Å². The lowest BCUT2D eigenvalue weighted by molar-refractivity contribution is -0.137. The zero-order chi connectivity index (χ0) is 21.1. The molecular formula is C19H19ClF3N3O3. The normalized spacial score (nSPS) is 28.7. The van der Waals surface area contributed by atoms with Gasteiger partial charge >= 0.3 is 6.18 Å². The van der Waals surface area contributed by atoms with Gasteiger partial charge in [-0.1, -0.05) is 11.6 Å². The number of halogens is 4. The molecule has 0 unspecified atom stereocenters. The van der Waals surface area contributed by atoms with Crippen molar-refractivity contribution in [2.24, 2.45) is 13.0 Å². The largest absolute Gasteiger partial charge is 0.417 e. The van der Waals surface area contributed by atoms with Crippen LogP contribution in [0.2, 0.25) is 5.02 Å². The lowest BCUT2D eigenvalue weighted by Gasteiger charge is -2.29. The molecular weight excluding hydrogens is 411 g/mol. The summed E-state index contributed by atoms with van der Waals surface area (Å²) in [6, 6.07) is 3.08. The molecule has 3 heterocycles. The number of hydrogen-bond donors (Lipinski definition) is 2. The highest BCUT2D eigenvalue weighted by molar-refractivity contribution is 6.31. The number of nitrogens with one attached hydrogen (secondary N) is 1. The van der Waals surface area contributed by atoms with Crippen molar-refractivity contribution in [1.29, 1.82) is 0 Å². The van der Waals surface area contributed by atoms with E-state index in [9.17, 15) is 23.1 Å². The van der Waals surface area contributed by atoms with Crippen molar-refractivity contribution in [2.75, 3.05) is 5.32 Å². The van der Waals surface area contributed by atoms with Gasteiger partial charge in [-0.25, -0.2) is 0 Å². The van der Waals surface area contributed by atoms with Gasteiger partial charge < -0.3 is 15.2 Å². The Hall–Kier alpha value is -2.10. The Bertz CT molecular complexity index is 962. The molecule has 2 aliphatic heterocycles. The Morgan fingerprint density at radius 3 is 2.72 bits per heavy atom. The van der Waals surface area contributed by atoms with Crippen LogP contribution < -0.4 is 5.32 Å². The molecule has 0 aliphatic carbocycles. The zero-order valence-corrected chi connectivity index (χ0v) is 16.3. The fraction of sp³-hybridized carbons (Fsp3) is 0.474. The standard InChI is InChI=1S/C19H19ClF3N3O3/c1-8-10(7-26(2)25-8)15-16(14-6-13(27)17(15)29-14)18(28)24-9-3-4-11(12(20)5-9)19(21,22)23/h3-5,7,13-17,27H,6H2,1-2H3,(H,24,28)/t13-,14+,15+,16-,17-/m0/s1. The number of aryl methyl sites for hydroxylation is 2. The molecule has 0 saturated carbocycles. The number of alkyl halides is 3. The summed E-state index contributed by atoms with van der Waals surface area (Å²) < 4.78 is 46.1. The van der Waals surface area contributed by atoms with Gasteiger partial charge in [-0.15, -0.1) is 0 Å². The zero-order valence-electron chi connectivity index (χ0n) is 15.6. The molecule has 2 bridgehead atoms.